The quantitative estimate of drug-likeness (QED) is 0.531. The lowest BCUT2D eigenvalue weighted by Gasteiger charge is -2.16. The van der Waals surface area contributed by atoms with E-state index in [0.717, 1.165) is 28.9 Å². The van der Waals surface area contributed by atoms with Crippen LogP contribution in [0.15, 0.2) is 10.2 Å². The molecule has 2 rings (SSSR count). The molecule has 0 saturated carbocycles. The Labute approximate surface area is 143 Å². The summed E-state index contributed by atoms with van der Waals surface area (Å²) in [5, 5.41) is 20.3. The normalized spacial score (nSPS) is 10.7. The molecule has 0 radical (unpaired) electrons. The van der Waals surface area contributed by atoms with Crippen LogP contribution in [0.5, 0.6) is 0 Å². The Morgan fingerprint density at radius 2 is 1.87 bits per heavy atom. The van der Waals surface area contributed by atoms with Gasteiger partial charge in [-0.25, -0.2) is 9.83 Å². The van der Waals surface area contributed by atoms with Crippen molar-refractivity contribution in [3.63, 3.8) is 0 Å². The largest absolute Gasteiger partial charge is 0.349 e. The van der Waals surface area contributed by atoms with Crippen LogP contribution < -0.4 is 4.90 Å². The number of nitriles is 1. The highest BCUT2D eigenvalue weighted by Crippen LogP contribution is 2.42. The summed E-state index contributed by atoms with van der Waals surface area (Å²) in [5.74, 6) is 0. The van der Waals surface area contributed by atoms with Crippen molar-refractivity contribution in [2.24, 2.45) is 10.2 Å². The molecule has 0 N–H and O–H groups in total. The number of rotatable bonds is 5. The van der Waals surface area contributed by atoms with Crippen LogP contribution in [0.4, 0.5) is 20.1 Å². The smallest absolute Gasteiger partial charge is 0.247 e. The minimum Gasteiger partial charge on any atom is -0.349 e. The van der Waals surface area contributed by atoms with E-state index < -0.39 is 0 Å². The molecule has 0 bridgehead atoms. The highest BCUT2D eigenvalue weighted by Gasteiger charge is 2.15. The molecule has 0 unspecified atom stereocenters. The number of thiophene rings is 1. The van der Waals surface area contributed by atoms with Gasteiger partial charge in [0.2, 0.25) is 5.00 Å². The minimum atomic E-state index is 0.427. The Morgan fingerprint density at radius 3 is 2.43 bits per heavy atom. The van der Waals surface area contributed by atoms with E-state index in [9.17, 15) is 5.26 Å². The van der Waals surface area contributed by atoms with E-state index in [1.165, 1.54) is 22.7 Å². The molecule has 0 fully saturated rings. The summed E-state index contributed by atoms with van der Waals surface area (Å²) in [6.07, 6.45) is 0. The maximum atomic E-state index is 9.24. The average molecular weight is 344 g/mol. The molecule has 0 spiro atoms. The molecule has 2 heterocycles. The Morgan fingerprint density at radius 1 is 1.22 bits per heavy atom. The molecule has 2 aromatic rings. The number of nitrogens with zero attached hydrogens (tertiary/aromatic N) is 6. The van der Waals surface area contributed by atoms with E-state index in [0.29, 0.717) is 21.1 Å². The Hall–Kier alpha value is -2.29. The van der Waals surface area contributed by atoms with Crippen molar-refractivity contribution < 1.29 is 0 Å². The zero-order chi connectivity index (χ0) is 17.0. The SMILES string of the molecule is [C-]#[N+]c1sc(/N=N\c2sc(N(CC)CC)nc2C)c(C#N)c1C. The van der Waals surface area contributed by atoms with Gasteiger partial charge in [-0.05, 0) is 33.3 Å². The molecular formula is C15H16N6S2. The molecule has 118 valence electrons. The van der Waals surface area contributed by atoms with Crippen molar-refractivity contribution in [1.29, 1.82) is 5.26 Å². The van der Waals surface area contributed by atoms with E-state index in [2.05, 4.69) is 44.9 Å². The molecule has 0 amide bonds. The first-order valence-electron chi connectivity index (χ1n) is 7.10. The van der Waals surface area contributed by atoms with Crippen LogP contribution in [0.3, 0.4) is 0 Å². The zero-order valence-corrected chi connectivity index (χ0v) is 15.0. The maximum Gasteiger partial charge on any atom is 0.247 e. The van der Waals surface area contributed by atoms with E-state index >= 15 is 0 Å². The van der Waals surface area contributed by atoms with Crippen molar-refractivity contribution >= 4 is 42.8 Å². The first-order valence-corrected chi connectivity index (χ1v) is 8.74. The first kappa shape index (κ1) is 17.1. The topological polar surface area (TPSA) is 69.0 Å². The number of hydrogen-bond acceptors (Lipinski definition) is 7. The van der Waals surface area contributed by atoms with E-state index in [1.807, 2.05) is 6.92 Å². The third-order valence-electron chi connectivity index (χ3n) is 3.34. The lowest BCUT2D eigenvalue weighted by molar-refractivity contribution is 0.857. The summed E-state index contributed by atoms with van der Waals surface area (Å²) in [4.78, 5) is 10.1. The fourth-order valence-electron chi connectivity index (χ4n) is 1.98. The van der Waals surface area contributed by atoms with Crippen LogP contribution in [0.25, 0.3) is 4.85 Å². The van der Waals surface area contributed by atoms with E-state index in [4.69, 9.17) is 6.57 Å². The molecular weight excluding hydrogens is 328 g/mol. The second kappa shape index (κ2) is 7.32. The summed E-state index contributed by atoms with van der Waals surface area (Å²) in [7, 11) is 0. The highest BCUT2D eigenvalue weighted by atomic mass is 32.1. The summed E-state index contributed by atoms with van der Waals surface area (Å²) >= 11 is 2.68. The molecule has 0 atom stereocenters. The van der Waals surface area contributed by atoms with Gasteiger partial charge in [0, 0.05) is 13.1 Å². The van der Waals surface area contributed by atoms with E-state index in [1.54, 1.807) is 6.92 Å². The molecule has 23 heavy (non-hydrogen) atoms. The van der Waals surface area contributed by atoms with Gasteiger partial charge in [-0.15, -0.1) is 21.6 Å². The van der Waals surface area contributed by atoms with Crippen LogP contribution >= 0.6 is 22.7 Å². The van der Waals surface area contributed by atoms with Gasteiger partial charge in [-0.1, -0.05) is 11.3 Å². The molecule has 0 saturated heterocycles. The number of aryl methyl sites for hydroxylation is 1. The molecule has 8 heteroatoms. The summed E-state index contributed by atoms with van der Waals surface area (Å²) in [6, 6.07) is 2.10. The minimum absolute atomic E-state index is 0.427. The Balaban J connectivity index is 2.35. The summed E-state index contributed by atoms with van der Waals surface area (Å²) in [5.41, 5.74) is 1.92. The molecule has 6 nitrogen and oxygen atoms in total. The van der Waals surface area contributed by atoms with Gasteiger partial charge in [0.05, 0.1) is 17.8 Å². The highest BCUT2D eigenvalue weighted by molar-refractivity contribution is 7.20. The van der Waals surface area contributed by atoms with Crippen LogP contribution in [0.1, 0.15) is 30.7 Å². The predicted molar refractivity (Wildman–Crippen MR) is 94.6 cm³/mol. The second-order valence-corrected chi connectivity index (χ2v) is 6.63. The predicted octanol–water partition coefficient (Wildman–Crippen LogP) is 5.51. The Bertz CT molecular complexity index is 814. The Kier molecular flexibility index (Phi) is 5.43. The number of azo groups is 1. The van der Waals surface area contributed by atoms with Crippen molar-refractivity contribution in [1.82, 2.24) is 4.98 Å². The molecule has 0 aliphatic rings. The molecule has 2 aromatic heterocycles. The number of aromatic nitrogens is 1. The third-order valence-corrected chi connectivity index (χ3v) is 5.52. The number of anilines is 1. The van der Waals surface area contributed by atoms with Crippen LogP contribution in [-0.4, -0.2) is 18.1 Å². The van der Waals surface area contributed by atoms with Gasteiger partial charge in [0.25, 0.3) is 0 Å². The monoisotopic (exact) mass is 344 g/mol. The standard InChI is InChI=1S/C15H16N6S2/c1-6-21(7-2)15-18-10(4)13(23-15)19-20-14-11(8-16)9(3)12(17-5)22-14/h6-7H2,1-4H3/b20-19-. The van der Waals surface area contributed by atoms with Crippen LogP contribution in [-0.2, 0) is 0 Å². The van der Waals surface area contributed by atoms with Crippen LogP contribution in [0.2, 0.25) is 0 Å². The van der Waals surface area contributed by atoms with Gasteiger partial charge in [0.1, 0.15) is 11.1 Å². The van der Waals surface area contributed by atoms with Gasteiger partial charge in [-0.2, -0.15) is 5.26 Å². The van der Waals surface area contributed by atoms with Crippen molar-refractivity contribution in [3.8, 4) is 6.07 Å². The number of thiazole rings is 1. The average Bonchev–Trinajstić information content (AvgIpc) is 3.06. The molecule has 0 aliphatic carbocycles. The van der Waals surface area contributed by atoms with E-state index in [-0.39, 0.29) is 0 Å². The fourth-order valence-corrected chi connectivity index (χ4v) is 3.87. The van der Waals surface area contributed by atoms with Crippen molar-refractivity contribution in [2.75, 3.05) is 18.0 Å². The van der Waals surface area contributed by atoms with Crippen molar-refractivity contribution in [3.05, 3.63) is 28.2 Å². The van der Waals surface area contributed by atoms with Gasteiger partial charge in [0.15, 0.2) is 10.1 Å². The maximum absolute atomic E-state index is 9.24. The lowest BCUT2D eigenvalue weighted by Crippen LogP contribution is -2.21. The van der Waals surface area contributed by atoms with Crippen molar-refractivity contribution in [2.45, 2.75) is 27.7 Å². The van der Waals surface area contributed by atoms with Crippen LogP contribution in [0, 0.1) is 31.8 Å². The fraction of sp³-hybridized carbons (Fsp3) is 0.400. The molecule has 0 aliphatic heterocycles. The lowest BCUT2D eigenvalue weighted by atomic mass is 10.2. The molecule has 0 aromatic carbocycles. The third kappa shape index (κ3) is 3.39. The summed E-state index contributed by atoms with van der Waals surface area (Å²) < 4.78 is 0. The van der Waals surface area contributed by atoms with Gasteiger partial charge >= 0.3 is 0 Å². The summed E-state index contributed by atoms with van der Waals surface area (Å²) in [6.45, 7) is 16.7. The van der Waals surface area contributed by atoms with Gasteiger partial charge in [-0.3, -0.25) is 0 Å². The first-order chi connectivity index (χ1) is 11.0. The zero-order valence-electron chi connectivity index (χ0n) is 13.4. The number of hydrogen-bond donors (Lipinski definition) is 0. The second-order valence-electron chi connectivity index (χ2n) is 4.70. The van der Waals surface area contributed by atoms with Gasteiger partial charge < -0.3 is 4.90 Å².